The Kier molecular flexibility index (Phi) is 15.5. The predicted molar refractivity (Wildman–Crippen MR) is 143 cm³/mol. The van der Waals surface area contributed by atoms with Crippen molar-refractivity contribution in [3.8, 4) is 0 Å². The Hall–Kier alpha value is -4.45. The summed E-state index contributed by atoms with van der Waals surface area (Å²) in [6.07, 6.45) is -4.47. The van der Waals surface area contributed by atoms with Crippen LogP contribution in [0.15, 0.2) is 59.8 Å². The molecule has 19 heteroatoms. The Labute approximate surface area is 244 Å². The van der Waals surface area contributed by atoms with E-state index in [-0.39, 0.29) is 5.56 Å². The molecule has 5 N–H and O–H groups in total. The topological polar surface area (TPSA) is 171 Å². The first kappa shape index (κ1) is 36.6. The molecule has 0 spiro atoms. The van der Waals surface area contributed by atoms with Crippen molar-refractivity contribution in [1.29, 1.82) is 0 Å². The molecule has 0 atom stereocenters. The predicted octanol–water partition coefficient (Wildman–Crippen LogP) is 3.31. The number of aliphatic carboxylic acids is 2. The van der Waals surface area contributed by atoms with Crippen LogP contribution in [-0.2, 0) is 22.6 Å². The van der Waals surface area contributed by atoms with Crippen molar-refractivity contribution in [3.63, 3.8) is 0 Å². The van der Waals surface area contributed by atoms with Gasteiger partial charge in [-0.2, -0.15) is 26.3 Å². The van der Waals surface area contributed by atoms with E-state index in [0.717, 1.165) is 24.6 Å². The van der Waals surface area contributed by atoms with Gasteiger partial charge in [-0.25, -0.2) is 19.6 Å². The van der Waals surface area contributed by atoms with Gasteiger partial charge in [-0.3, -0.25) is 14.3 Å². The van der Waals surface area contributed by atoms with Gasteiger partial charge in [0.25, 0.3) is 5.56 Å². The summed E-state index contributed by atoms with van der Waals surface area (Å²) in [7, 11) is 0. The standard InChI is InChI=1S/C20H24ClN7O.2C2HF3O2/c21-17-15-27-19(26-10-7-16-5-1-3-8-23-16)20(29)28(17)14-13-22-11-12-25-18-6-2-4-9-24-18;2*3-2(4,5)1(6)7/h1-6,8-9,15,22H,7,10-14H2,(H,24,25)(H,26,27);2*(H,6,7). The number of pyridine rings is 2. The SMILES string of the molecule is O=C(O)C(F)(F)F.O=C(O)C(F)(F)F.O=c1c(NCCc2ccccn2)ncc(Cl)n1CCNCCNc1ccccn1. The first-order valence-corrected chi connectivity index (χ1v) is 12.4. The molecule has 0 saturated carbocycles. The van der Waals surface area contributed by atoms with Gasteiger partial charge in [0.05, 0.1) is 6.20 Å². The van der Waals surface area contributed by atoms with Gasteiger partial charge in [0.1, 0.15) is 11.0 Å². The first-order chi connectivity index (χ1) is 20.1. The van der Waals surface area contributed by atoms with Crippen molar-refractivity contribution in [2.45, 2.75) is 25.3 Å². The second-order valence-electron chi connectivity index (χ2n) is 7.88. The van der Waals surface area contributed by atoms with E-state index in [1.54, 1.807) is 12.4 Å². The maximum absolute atomic E-state index is 12.6. The molecule has 43 heavy (non-hydrogen) atoms. The van der Waals surface area contributed by atoms with Gasteiger partial charge in [0.15, 0.2) is 5.82 Å². The van der Waals surface area contributed by atoms with Crippen LogP contribution in [0.5, 0.6) is 0 Å². The molecule has 0 radical (unpaired) electrons. The summed E-state index contributed by atoms with van der Waals surface area (Å²) in [5.74, 6) is -4.38. The molecule has 0 aliphatic heterocycles. The fourth-order valence-corrected chi connectivity index (χ4v) is 2.92. The highest BCUT2D eigenvalue weighted by Crippen LogP contribution is 2.13. The third-order valence-electron chi connectivity index (χ3n) is 4.68. The molecule has 0 unspecified atom stereocenters. The lowest BCUT2D eigenvalue weighted by Crippen LogP contribution is -2.32. The molecular weight excluding hydrogens is 616 g/mol. The minimum absolute atomic E-state index is 0.230. The first-order valence-electron chi connectivity index (χ1n) is 12.0. The third kappa shape index (κ3) is 15.4. The second kappa shape index (κ2) is 18.2. The van der Waals surface area contributed by atoms with E-state index in [4.69, 9.17) is 31.4 Å². The lowest BCUT2D eigenvalue weighted by molar-refractivity contribution is -0.193. The van der Waals surface area contributed by atoms with Gasteiger partial charge >= 0.3 is 24.3 Å². The zero-order valence-electron chi connectivity index (χ0n) is 22.0. The van der Waals surface area contributed by atoms with Crippen LogP contribution in [0, 0.1) is 0 Å². The van der Waals surface area contributed by atoms with Gasteiger partial charge in [-0.1, -0.05) is 23.7 Å². The van der Waals surface area contributed by atoms with Crippen LogP contribution in [0.25, 0.3) is 0 Å². The van der Waals surface area contributed by atoms with Gasteiger partial charge in [-0.15, -0.1) is 0 Å². The minimum atomic E-state index is -5.08. The monoisotopic (exact) mass is 641 g/mol. The highest BCUT2D eigenvalue weighted by Gasteiger charge is 2.38. The molecule has 3 heterocycles. The Morgan fingerprint density at radius 2 is 1.40 bits per heavy atom. The molecule has 0 aromatic carbocycles. The summed E-state index contributed by atoms with van der Waals surface area (Å²) in [6, 6.07) is 11.5. The van der Waals surface area contributed by atoms with E-state index < -0.39 is 24.3 Å². The zero-order chi connectivity index (χ0) is 32.5. The van der Waals surface area contributed by atoms with Crippen molar-refractivity contribution in [1.82, 2.24) is 24.8 Å². The highest BCUT2D eigenvalue weighted by atomic mass is 35.5. The molecule has 3 rings (SSSR count). The highest BCUT2D eigenvalue weighted by molar-refractivity contribution is 6.29. The quantitative estimate of drug-likeness (QED) is 0.154. The van der Waals surface area contributed by atoms with E-state index in [2.05, 4.69) is 30.9 Å². The number of aromatic nitrogens is 4. The largest absolute Gasteiger partial charge is 0.490 e. The molecule has 3 aromatic heterocycles. The summed E-state index contributed by atoms with van der Waals surface area (Å²) >= 11 is 6.17. The fourth-order valence-electron chi connectivity index (χ4n) is 2.71. The van der Waals surface area contributed by atoms with Crippen molar-refractivity contribution in [2.75, 3.05) is 36.8 Å². The summed E-state index contributed by atoms with van der Waals surface area (Å²) in [5.41, 5.74) is 0.727. The maximum Gasteiger partial charge on any atom is 0.490 e. The van der Waals surface area contributed by atoms with Crippen LogP contribution in [0.1, 0.15) is 5.69 Å². The van der Waals surface area contributed by atoms with Crippen molar-refractivity contribution in [2.24, 2.45) is 0 Å². The van der Waals surface area contributed by atoms with E-state index in [9.17, 15) is 31.1 Å². The number of alkyl halides is 6. The van der Waals surface area contributed by atoms with E-state index in [0.29, 0.717) is 37.0 Å². The van der Waals surface area contributed by atoms with Gasteiger partial charge in [-0.05, 0) is 24.3 Å². The molecule has 0 bridgehead atoms. The van der Waals surface area contributed by atoms with E-state index in [1.165, 1.54) is 10.8 Å². The lowest BCUT2D eigenvalue weighted by Gasteiger charge is -2.12. The molecule has 0 aliphatic carbocycles. The number of halogens is 7. The average molecular weight is 642 g/mol. The van der Waals surface area contributed by atoms with Crippen LogP contribution < -0.4 is 21.5 Å². The Bertz CT molecular complexity index is 1310. The third-order valence-corrected chi connectivity index (χ3v) is 4.98. The van der Waals surface area contributed by atoms with Crippen LogP contribution in [0.4, 0.5) is 38.0 Å². The van der Waals surface area contributed by atoms with E-state index in [1.807, 2.05) is 36.4 Å². The zero-order valence-corrected chi connectivity index (χ0v) is 22.7. The van der Waals surface area contributed by atoms with Crippen molar-refractivity contribution in [3.05, 3.63) is 76.2 Å². The number of nitrogens with one attached hydrogen (secondary N) is 3. The number of anilines is 2. The second-order valence-corrected chi connectivity index (χ2v) is 8.27. The molecule has 3 aromatic rings. The lowest BCUT2D eigenvalue weighted by atomic mass is 10.3. The summed E-state index contributed by atoms with van der Waals surface area (Å²) in [6.45, 7) is 3.11. The summed E-state index contributed by atoms with van der Waals surface area (Å²) in [4.78, 5) is 43.0. The number of carbonyl (C=O) groups is 2. The van der Waals surface area contributed by atoms with Crippen molar-refractivity contribution < 1.29 is 46.1 Å². The maximum atomic E-state index is 12.6. The number of carboxylic acid groups (broad SMARTS) is 2. The molecule has 0 amide bonds. The minimum Gasteiger partial charge on any atom is -0.475 e. The smallest absolute Gasteiger partial charge is 0.475 e. The Morgan fingerprint density at radius 3 is 1.91 bits per heavy atom. The molecule has 0 saturated heterocycles. The van der Waals surface area contributed by atoms with Crippen LogP contribution in [-0.4, -0.2) is 80.2 Å². The average Bonchev–Trinajstić information content (AvgIpc) is 2.94. The van der Waals surface area contributed by atoms with Crippen LogP contribution in [0.2, 0.25) is 5.15 Å². The summed E-state index contributed by atoms with van der Waals surface area (Å²) in [5, 5.41) is 24.1. The van der Waals surface area contributed by atoms with Crippen molar-refractivity contribution >= 4 is 35.2 Å². The number of nitrogens with zero attached hydrogens (tertiary/aromatic N) is 4. The normalized spacial score (nSPS) is 10.9. The fraction of sp³-hybridized carbons (Fsp3) is 0.333. The van der Waals surface area contributed by atoms with Crippen LogP contribution >= 0.6 is 11.6 Å². The Morgan fingerprint density at radius 1 is 0.814 bits per heavy atom. The van der Waals surface area contributed by atoms with Gasteiger partial charge in [0, 0.05) is 57.2 Å². The number of hydrogen-bond donors (Lipinski definition) is 5. The molecule has 0 fully saturated rings. The van der Waals surface area contributed by atoms with Crippen LogP contribution in [0.3, 0.4) is 0 Å². The molecule has 12 nitrogen and oxygen atoms in total. The number of carboxylic acids is 2. The van der Waals surface area contributed by atoms with Gasteiger partial charge in [0.2, 0.25) is 0 Å². The molecule has 0 aliphatic rings. The molecular formula is C24H26ClF6N7O5. The molecule has 236 valence electrons. The number of rotatable bonds is 11. The van der Waals surface area contributed by atoms with E-state index >= 15 is 0 Å². The number of hydrogen-bond acceptors (Lipinski definition) is 9. The Balaban J connectivity index is 0.000000548. The van der Waals surface area contributed by atoms with Gasteiger partial charge < -0.3 is 26.2 Å². The summed E-state index contributed by atoms with van der Waals surface area (Å²) < 4.78 is 65.0.